The second kappa shape index (κ2) is 5.80. The van der Waals surface area contributed by atoms with E-state index in [1.807, 2.05) is 0 Å². The van der Waals surface area contributed by atoms with Crippen LogP contribution in [-0.2, 0) is 6.54 Å². The quantitative estimate of drug-likeness (QED) is 0.877. The Morgan fingerprint density at radius 1 is 1.41 bits per heavy atom. The average Bonchev–Trinajstić information content (AvgIpc) is 2.22. The number of benzene rings is 1. The van der Waals surface area contributed by atoms with E-state index in [0.29, 0.717) is 24.7 Å². The summed E-state index contributed by atoms with van der Waals surface area (Å²) in [5.41, 5.74) is 0.609. The fraction of sp³-hybridized carbons (Fsp3) is 0.538. The van der Waals surface area contributed by atoms with Gasteiger partial charge in [-0.3, -0.25) is 4.90 Å². The van der Waals surface area contributed by atoms with Gasteiger partial charge in [-0.2, -0.15) is 0 Å². The van der Waals surface area contributed by atoms with Crippen molar-refractivity contribution in [3.8, 4) is 0 Å². The Kier molecular flexibility index (Phi) is 4.37. The van der Waals surface area contributed by atoms with Crippen LogP contribution < -0.4 is 0 Å². The first-order valence-corrected chi connectivity index (χ1v) is 6.38. The molecule has 0 aromatic heterocycles. The molecule has 0 amide bonds. The van der Waals surface area contributed by atoms with Crippen molar-refractivity contribution < 1.29 is 9.50 Å². The summed E-state index contributed by atoms with van der Waals surface area (Å²) < 4.78 is 13.8. The van der Waals surface area contributed by atoms with Gasteiger partial charge in [-0.1, -0.05) is 30.2 Å². The van der Waals surface area contributed by atoms with Gasteiger partial charge in [-0.25, -0.2) is 4.39 Å². The molecule has 2 nitrogen and oxygen atoms in total. The summed E-state index contributed by atoms with van der Waals surface area (Å²) >= 11 is 5.76. The molecule has 1 saturated carbocycles. The van der Waals surface area contributed by atoms with Crippen molar-refractivity contribution in [2.24, 2.45) is 0 Å². The van der Waals surface area contributed by atoms with E-state index in [4.69, 9.17) is 16.7 Å². The number of aliphatic hydroxyl groups is 1. The van der Waals surface area contributed by atoms with Gasteiger partial charge in [-0.05, 0) is 18.9 Å². The van der Waals surface area contributed by atoms with Gasteiger partial charge in [0.1, 0.15) is 5.82 Å². The highest BCUT2D eigenvalue weighted by molar-refractivity contribution is 6.30. The standard InChI is InChI=1S/C13H17ClFNO/c14-12-6-1-3-10(13(12)15)9-16(7-8-17)11-4-2-5-11/h1,3,6,11,17H,2,4-5,7-9H2. The molecule has 0 bridgehead atoms. The zero-order chi connectivity index (χ0) is 12.3. The molecule has 0 radical (unpaired) electrons. The van der Waals surface area contributed by atoms with E-state index in [2.05, 4.69) is 4.90 Å². The smallest absolute Gasteiger partial charge is 0.146 e. The van der Waals surface area contributed by atoms with E-state index in [9.17, 15) is 4.39 Å². The minimum Gasteiger partial charge on any atom is -0.395 e. The zero-order valence-corrected chi connectivity index (χ0v) is 10.5. The van der Waals surface area contributed by atoms with Crippen LogP contribution in [0.15, 0.2) is 18.2 Å². The van der Waals surface area contributed by atoms with E-state index in [-0.39, 0.29) is 17.4 Å². The number of rotatable bonds is 5. The Hall–Kier alpha value is -0.640. The molecule has 0 heterocycles. The largest absolute Gasteiger partial charge is 0.395 e. The van der Waals surface area contributed by atoms with Crippen molar-refractivity contribution >= 4 is 11.6 Å². The summed E-state index contributed by atoms with van der Waals surface area (Å²) in [6.07, 6.45) is 3.51. The molecule has 1 aliphatic rings. The molecule has 94 valence electrons. The lowest BCUT2D eigenvalue weighted by Gasteiger charge is -2.37. The van der Waals surface area contributed by atoms with Crippen LogP contribution in [0.4, 0.5) is 4.39 Å². The van der Waals surface area contributed by atoms with Gasteiger partial charge in [0.05, 0.1) is 11.6 Å². The highest BCUT2D eigenvalue weighted by atomic mass is 35.5. The normalized spacial score (nSPS) is 16.2. The molecule has 1 aromatic carbocycles. The molecule has 0 aliphatic heterocycles. The van der Waals surface area contributed by atoms with Gasteiger partial charge in [0, 0.05) is 24.7 Å². The molecule has 1 fully saturated rings. The van der Waals surface area contributed by atoms with E-state index >= 15 is 0 Å². The van der Waals surface area contributed by atoms with Crippen molar-refractivity contribution in [1.82, 2.24) is 4.90 Å². The fourth-order valence-electron chi connectivity index (χ4n) is 2.16. The summed E-state index contributed by atoms with van der Waals surface area (Å²) in [6, 6.07) is 5.56. The van der Waals surface area contributed by atoms with Gasteiger partial charge >= 0.3 is 0 Å². The summed E-state index contributed by atoms with van der Waals surface area (Å²) in [5.74, 6) is -0.337. The Bertz CT molecular complexity index is 382. The molecular formula is C13H17ClFNO. The average molecular weight is 258 g/mol. The first-order valence-electron chi connectivity index (χ1n) is 6.00. The molecule has 1 N–H and O–H groups in total. The minimum absolute atomic E-state index is 0.110. The van der Waals surface area contributed by atoms with E-state index < -0.39 is 0 Å². The second-order valence-electron chi connectivity index (χ2n) is 4.49. The zero-order valence-electron chi connectivity index (χ0n) is 9.70. The van der Waals surface area contributed by atoms with Crippen LogP contribution in [0.1, 0.15) is 24.8 Å². The molecule has 1 aliphatic carbocycles. The Morgan fingerprint density at radius 3 is 2.76 bits per heavy atom. The Morgan fingerprint density at radius 2 is 2.18 bits per heavy atom. The maximum Gasteiger partial charge on any atom is 0.146 e. The van der Waals surface area contributed by atoms with Crippen molar-refractivity contribution in [2.45, 2.75) is 31.8 Å². The van der Waals surface area contributed by atoms with Gasteiger partial charge in [0.15, 0.2) is 0 Å². The van der Waals surface area contributed by atoms with Crippen LogP contribution in [0, 0.1) is 5.82 Å². The highest BCUT2D eigenvalue weighted by Gasteiger charge is 2.25. The minimum atomic E-state index is -0.337. The van der Waals surface area contributed by atoms with Crippen molar-refractivity contribution in [2.75, 3.05) is 13.2 Å². The molecule has 1 aromatic rings. The maximum atomic E-state index is 13.8. The van der Waals surface area contributed by atoms with Gasteiger partial charge in [-0.15, -0.1) is 0 Å². The third-order valence-corrected chi connectivity index (χ3v) is 3.68. The fourth-order valence-corrected chi connectivity index (χ4v) is 2.35. The van der Waals surface area contributed by atoms with Crippen molar-refractivity contribution in [3.63, 3.8) is 0 Å². The summed E-state index contributed by atoms with van der Waals surface area (Å²) in [7, 11) is 0. The second-order valence-corrected chi connectivity index (χ2v) is 4.90. The van der Waals surface area contributed by atoms with E-state index in [0.717, 1.165) is 12.8 Å². The molecule has 17 heavy (non-hydrogen) atoms. The van der Waals surface area contributed by atoms with Crippen LogP contribution in [0.5, 0.6) is 0 Å². The highest BCUT2D eigenvalue weighted by Crippen LogP contribution is 2.27. The monoisotopic (exact) mass is 257 g/mol. The lowest BCUT2D eigenvalue weighted by Crippen LogP contribution is -2.41. The molecule has 0 unspecified atom stereocenters. The van der Waals surface area contributed by atoms with Crippen LogP contribution in [0.25, 0.3) is 0 Å². The topological polar surface area (TPSA) is 23.5 Å². The summed E-state index contributed by atoms with van der Waals surface area (Å²) in [4.78, 5) is 2.14. The van der Waals surface area contributed by atoms with Gasteiger partial charge in [0.2, 0.25) is 0 Å². The SMILES string of the molecule is OCCN(Cc1cccc(Cl)c1F)C1CCC1. The van der Waals surface area contributed by atoms with Crippen molar-refractivity contribution in [3.05, 3.63) is 34.6 Å². The van der Waals surface area contributed by atoms with Crippen LogP contribution in [-0.4, -0.2) is 29.2 Å². The molecular weight excluding hydrogens is 241 g/mol. The number of aliphatic hydroxyl groups excluding tert-OH is 1. The number of hydrogen-bond acceptors (Lipinski definition) is 2. The third kappa shape index (κ3) is 2.97. The third-order valence-electron chi connectivity index (χ3n) is 3.38. The maximum absolute atomic E-state index is 13.8. The van der Waals surface area contributed by atoms with E-state index in [1.165, 1.54) is 6.42 Å². The molecule has 0 saturated heterocycles. The summed E-state index contributed by atoms with van der Waals surface area (Å²) in [6.45, 7) is 1.23. The lowest BCUT2D eigenvalue weighted by molar-refractivity contribution is 0.0935. The number of hydrogen-bond donors (Lipinski definition) is 1. The molecule has 0 atom stereocenters. The first-order chi connectivity index (χ1) is 8.22. The van der Waals surface area contributed by atoms with Gasteiger partial charge < -0.3 is 5.11 Å². The van der Waals surface area contributed by atoms with Crippen LogP contribution in [0.2, 0.25) is 5.02 Å². The predicted molar refractivity (Wildman–Crippen MR) is 66.5 cm³/mol. The predicted octanol–water partition coefficient (Wildman–Crippen LogP) is 2.83. The number of nitrogens with zero attached hydrogens (tertiary/aromatic N) is 1. The molecule has 2 rings (SSSR count). The van der Waals surface area contributed by atoms with Crippen molar-refractivity contribution in [1.29, 1.82) is 0 Å². The lowest BCUT2D eigenvalue weighted by atomic mass is 9.91. The van der Waals surface area contributed by atoms with E-state index in [1.54, 1.807) is 18.2 Å². The summed E-state index contributed by atoms with van der Waals surface area (Å²) in [5, 5.41) is 9.21. The molecule has 4 heteroatoms. The number of halogens is 2. The molecule has 0 spiro atoms. The van der Waals surface area contributed by atoms with Crippen LogP contribution >= 0.6 is 11.6 Å². The Balaban J connectivity index is 2.08. The van der Waals surface area contributed by atoms with Crippen LogP contribution in [0.3, 0.4) is 0 Å². The Labute approximate surface area is 106 Å². The first kappa shape index (κ1) is 12.8. The van der Waals surface area contributed by atoms with Gasteiger partial charge in [0.25, 0.3) is 0 Å².